The maximum absolute atomic E-state index is 13.0. The number of ketones is 1. The Morgan fingerprint density at radius 1 is 1.06 bits per heavy atom. The van der Waals surface area contributed by atoms with Gasteiger partial charge < -0.3 is 34.3 Å². The number of rotatable bonds is 6. The third-order valence-electron chi connectivity index (χ3n) is 5.71. The van der Waals surface area contributed by atoms with Crippen LogP contribution < -0.4 is 4.74 Å². The highest BCUT2D eigenvalue weighted by Crippen LogP contribution is 2.34. The molecular formula is C24H26O8. The zero-order chi connectivity index (χ0) is 23.0. The van der Waals surface area contributed by atoms with Crippen LogP contribution >= 0.6 is 0 Å². The summed E-state index contributed by atoms with van der Waals surface area (Å²) in [5.41, 5.74) is 2.32. The molecule has 4 N–H and O–H groups in total. The van der Waals surface area contributed by atoms with E-state index < -0.39 is 30.7 Å². The number of fused-ring (bicyclic) bond motifs is 1. The predicted octanol–water partition coefficient (Wildman–Crippen LogP) is 2.47. The maximum atomic E-state index is 13.0. The van der Waals surface area contributed by atoms with Crippen molar-refractivity contribution in [3.8, 4) is 11.5 Å². The molecule has 5 atom stereocenters. The number of aliphatic hydroxyl groups is 3. The standard InChI is InChI=1S/C24H26O8/c1-12-9-17(26)20(16(25)5-3-14-4-6-18-15(11-14)7-8-30-18)19(10-12)32-24-23(29)22(28)21(27)13(2)31-24/h4,6-11,13,21-24,26-29H,3,5H2,1-2H3. The number of carbonyl (C=O) groups is 1. The first kappa shape index (κ1) is 22.3. The van der Waals surface area contributed by atoms with E-state index >= 15 is 0 Å². The Labute approximate surface area is 184 Å². The van der Waals surface area contributed by atoms with Crippen molar-refractivity contribution >= 4 is 16.8 Å². The quantitative estimate of drug-likeness (QED) is 0.429. The number of phenols is 1. The number of aryl methyl sites for hydroxylation is 2. The monoisotopic (exact) mass is 442 g/mol. The van der Waals surface area contributed by atoms with E-state index in [1.807, 2.05) is 24.3 Å². The van der Waals surface area contributed by atoms with Crippen LogP contribution in [0.15, 0.2) is 47.1 Å². The van der Waals surface area contributed by atoms with Crippen LogP contribution in [0.25, 0.3) is 11.0 Å². The van der Waals surface area contributed by atoms with Gasteiger partial charge in [0, 0.05) is 11.8 Å². The fourth-order valence-electron chi connectivity index (χ4n) is 3.90. The molecule has 8 nitrogen and oxygen atoms in total. The van der Waals surface area contributed by atoms with Crippen LogP contribution in [0.4, 0.5) is 0 Å². The first-order valence-corrected chi connectivity index (χ1v) is 10.4. The minimum atomic E-state index is -1.53. The van der Waals surface area contributed by atoms with Crippen LogP contribution in [-0.2, 0) is 11.2 Å². The molecule has 2 heterocycles. The Hall–Kier alpha value is -2.91. The number of carbonyl (C=O) groups excluding carboxylic acids is 1. The average molecular weight is 442 g/mol. The van der Waals surface area contributed by atoms with E-state index in [9.17, 15) is 25.2 Å². The molecule has 0 aliphatic carbocycles. The number of phenolic OH excluding ortho intramolecular Hbond substituents is 1. The maximum Gasteiger partial charge on any atom is 0.229 e. The summed E-state index contributed by atoms with van der Waals surface area (Å²) in [4.78, 5) is 13.0. The van der Waals surface area contributed by atoms with Crippen molar-refractivity contribution in [2.45, 2.75) is 57.4 Å². The Kier molecular flexibility index (Phi) is 6.21. The Bertz CT molecular complexity index is 1120. The summed E-state index contributed by atoms with van der Waals surface area (Å²) in [6.45, 7) is 3.26. The van der Waals surface area contributed by atoms with Gasteiger partial charge in [0.05, 0.1) is 12.4 Å². The van der Waals surface area contributed by atoms with Gasteiger partial charge in [-0.05, 0) is 61.7 Å². The molecule has 1 aliphatic rings. The van der Waals surface area contributed by atoms with Gasteiger partial charge in [-0.1, -0.05) is 6.07 Å². The molecule has 0 spiro atoms. The van der Waals surface area contributed by atoms with E-state index in [1.165, 1.54) is 13.0 Å². The number of benzene rings is 2. The normalized spacial score (nSPS) is 25.7. The molecule has 8 heteroatoms. The first-order valence-electron chi connectivity index (χ1n) is 10.4. The summed E-state index contributed by atoms with van der Waals surface area (Å²) in [6.07, 6.45) is -4.24. The van der Waals surface area contributed by atoms with E-state index in [-0.39, 0.29) is 29.3 Å². The van der Waals surface area contributed by atoms with Crippen molar-refractivity contribution in [1.82, 2.24) is 0 Å². The van der Waals surface area contributed by atoms with Crippen LogP contribution in [0, 0.1) is 6.92 Å². The summed E-state index contributed by atoms with van der Waals surface area (Å²) in [6, 6.07) is 10.5. The lowest BCUT2D eigenvalue weighted by Gasteiger charge is -2.39. The first-order chi connectivity index (χ1) is 15.2. The average Bonchev–Trinajstić information content (AvgIpc) is 3.22. The van der Waals surface area contributed by atoms with Crippen LogP contribution in [0.5, 0.6) is 11.5 Å². The second-order valence-electron chi connectivity index (χ2n) is 8.17. The number of aromatic hydroxyl groups is 1. The smallest absolute Gasteiger partial charge is 0.229 e. The van der Waals surface area contributed by atoms with E-state index in [1.54, 1.807) is 19.3 Å². The van der Waals surface area contributed by atoms with Crippen molar-refractivity contribution < 1.29 is 39.1 Å². The van der Waals surface area contributed by atoms with E-state index in [0.29, 0.717) is 12.0 Å². The molecule has 4 rings (SSSR count). The van der Waals surface area contributed by atoms with E-state index in [0.717, 1.165) is 16.5 Å². The highest BCUT2D eigenvalue weighted by molar-refractivity contribution is 6.01. The number of hydrogen-bond donors (Lipinski definition) is 4. The Balaban J connectivity index is 1.54. The lowest BCUT2D eigenvalue weighted by atomic mass is 9.98. The molecule has 2 aromatic carbocycles. The molecular weight excluding hydrogens is 416 g/mol. The van der Waals surface area contributed by atoms with Crippen LogP contribution in [-0.4, -0.2) is 56.9 Å². The highest BCUT2D eigenvalue weighted by atomic mass is 16.7. The molecule has 1 aromatic heterocycles. The van der Waals surface area contributed by atoms with Gasteiger partial charge in [0.25, 0.3) is 0 Å². The summed E-state index contributed by atoms with van der Waals surface area (Å²) < 4.78 is 16.5. The van der Waals surface area contributed by atoms with Gasteiger partial charge in [-0.15, -0.1) is 0 Å². The second kappa shape index (κ2) is 8.91. The fraction of sp³-hybridized carbons (Fsp3) is 0.375. The van der Waals surface area contributed by atoms with Gasteiger partial charge >= 0.3 is 0 Å². The summed E-state index contributed by atoms with van der Waals surface area (Å²) in [5.74, 6) is -0.546. The third kappa shape index (κ3) is 4.35. The molecule has 0 bridgehead atoms. The van der Waals surface area contributed by atoms with Crippen molar-refractivity contribution in [2.24, 2.45) is 0 Å². The topological polar surface area (TPSA) is 130 Å². The van der Waals surface area contributed by atoms with Gasteiger partial charge in [-0.2, -0.15) is 0 Å². The van der Waals surface area contributed by atoms with Crippen molar-refractivity contribution in [2.75, 3.05) is 0 Å². The van der Waals surface area contributed by atoms with E-state index in [4.69, 9.17) is 13.9 Å². The van der Waals surface area contributed by atoms with Crippen molar-refractivity contribution in [1.29, 1.82) is 0 Å². The van der Waals surface area contributed by atoms with E-state index in [2.05, 4.69) is 0 Å². The summed E-state index contributed by atoms with van der Waals surface area (Å²) in [5, 5.41) is 41.6. The van der Waals surface area contributed by atoms with Gasteiger partial charge in [0.15, 0.2) is 5.78 Å². The second-order valence-corrected chi connectivity index (χ2v) is 8.17. The number of aliphatic hydroxyl groups excluding tert-OH is 3. The van der Waals surface area contributed by atoms with Crippen LogP contribution in [0.1, 0.15) is 34.8 Å². The molecule has 0 amide bonds. The van der Waals surface area contributed by atoms with Crippen LogP contribution in [0.2, 0.25) is 0 Å². The van der Waals surface area contributed by atoms with Crippen LogP contribution in [0.3, 0.4) is 0 Å². The number of Topliss-reactive ketones (excluding diaryl/α,β-unsaturated/α-hetero) is 1. The zero-order valence-corrected chi connectivity index (χ0v) is 17.8. The van der Waals surface area contributed by atoms with Gasteiger partial charge in [0.2, 0.25) is 6.29 Å². The Morgan fingerprint density at radius 2 is 1.84 bits per heavy atom. The van der Waals surface area contributed by atoms with Gasteiger partial charge in [0.1, 0.15) is 41.0 Å². The lowest BCUT2D eigenvalue weighted by Crippen LogP contribution is -2.58. The third-order valence-corrected chi connectivity index (χ3v) is 5.71. The number of ether oxygens (including phenoxy) is 2. The molecule has 0 saturated carbocycles. The minimum absolute atomic E-state index is 0.0240. The van der Waals surface area contributed by atoms with Crippen molar-refractivity contribution in [3.63, 3.8) is 0 Å². The summed E-state index contributed by atoms with van der Waals surface area (Å²) in [7, 11) is 0. The molecule has 170 valence electrons. The zero-order valence-electron chi connectivity index (χ0n) is 17.8. The number of hydrogen-bond acceptors (Lipinski definition) is 8. The molecule has 1 saturated heterocycles. The SMILES string of the molecule is Cc1cc(O)c(C(=O)CCc2ccc3occc3c2)c(OC2OC(C)C(O)C(O)C2O)c1. The lowest BCUT2D eigenvalue weighted by molar-refractivity contribution is -0.268. The van der Waals surface area contributed by atoms with Gasteiger partial charge in [-0.3, -0.25) is 4.79 Å². The molecule has 1 fully saturated rings. The molecule has 32 heavy (non-hydrogen) atoms. The molecule has 1 aliphatic heterocycles. The largest absolute Gasteiger partial charge is 0.507 e. The fourth-order valence-corrected chi connectivity index (χ4v) is 3.90. The number of furan rings is 1. The molecule has 5 unspecified atom stereocenters. The Morgan fingerprint density at radius 3 is 2.62 bits per heavy atom. The van der Waals surface area contributed by atoms with Crippen molar-refractivity contribution in [3.05, 3.63) is 59.4 Å². The summed E-state index contributed by atoms with van der Waals surface area (Å²) >= 11 is 0. The van der Waals surface area contributed by atoms with Gasteiger partial charge in [-0.25, -0.2) is 0 Å². The predicted molar refractivity (Wildman–Crippen MR) is 115 cm³/mol. The molecule has 0 radical (unpaired) electrons. The molecule has 3 aromatic rings. The highest BCUT2D eigenvalue weighted by Gasteiger charge is 2.43. The minimum Gasteiger partial charge on any atom is -0.507 e.